The zero-order valence-corrected chi connectivity index (χ0v) is 13.7. The maximum atomic E-state index is 11.9. The second-order valence-corrected chi connectivity index (χ2v) is 5.47. The fourth-order valence-corrected chi connectivity index (χ4v) is 2.36. The summed E-state index contributed by atoms with van der Waals surface area (Å²) in [5.41, 5.74) is 1.08. The zero-order chi connectivity index (χ0) is 16.3. The van der Waals surface area contributed by atoms with Gasteiger partial charge in [-0.25, -0.2) is 4.99 Å². The Morgan fingerprint density at radius 1 is 1.26 bits per heavy atom. The molecule has 1 heterocycles. The molecule has 1 aromatic carbocycles. The third-order valence-electron chi connectivity index (χ3n) is 3.58. The average molecular weight is 318 g/mol. The first kappa shape index (κ1) is 17.3. The minimum absolute atomic E-state index is 0.0943. The minimum Gasteiger partial charge on any atom is -0.376 e. The van der Waals surface area contributed by atoms with Gasteiger partial charge in [-0.15, -0.1) is 0 Å². The third kappa shape index (κ3) is 6.69. The van der Waals surface area contributed by atoms with E-state index in [-0.39, 0.29) is 18.6 Å². The molecule has 2 rings (SSSR count). The van der Waals surface area contributed by atoms with E-state index in [0.29, 0.717) is 12.5 Å². The van der Waals surface area contributed by atoms with Crippen molar-refractivity contribution < 1.29 is 9.53 Å². The first-order valence-electron chi connectivity index (χ1n) is 8.22. The Kier molecular flexibility index (Phi) is 7.39. The van der Waals surface area contributed by atoms with E-state index in [1.165, 1.54) is 0 Å². The van der Waals surface area contributed by atoms with Crippen LogP contribution in [0, 0.1) is 0 Å². The average Bonchev–Trinajstić information content (AvgIpc) is 3.10. The molecule has 0 radical (unpaired) electrons. The summed E-state index contributed by atoms with van der Waals surface area (Å²) in [6.07, 6.45) is 2.43. The van der Waals surface area contributed by atoms with Gasteiger partial charge in [-0.2, -0.15) is 0 Å². The smallest absolute Gasteiger partial charge is 0.242 e. The summed E-state index contributed by atoms with van der Waals surface area (Å²) in [7, 11) is 0. The van der Waals surface area contributed by atoms with Crippen molar-refractivity contribution in [3.63, 3.8) is 0 Å². The number of carbonyl (C=O) groups is 1. The van der Waals surface area contributed by atoms with Crippen LogP contribution in [0.5, 0.6) is 0 Å². The number of guanidine groups is 1. The lowest BCUT2D eigenvalue weighted by molar-refractivity contribution is -0.119. The molecule has 126 valence electrons. The number of ether oxygens (including phenoxy) is 1. The monoisotopic (exact) mass is 318 g/mol. The number of carbonyl (C=O) groups excluding carboxylic acids is 1. The van der Waals surface area contributed by atoms with E-state index < -0.39 is 0 Å². The van der Waals surface area contributed by atoms with Gasteiger partial charge in [-0.1, -0.05) is 30.3 Å². The van der Waals surface area contributed by atoms with Gasteiger partial charge in [0.2, 0.25) is 5.91 Å². The van der Waals surface area contributed by atoms with Crippen LogP contribution in [0.1, 0.15) is 25.3 Å². The predicted octanol–water partition coefficient (Wildman–Crippen LogP) is 1.04. The zero-order valence-electron chi connectivity index (χ0n) is 13.7. The summed E-state index contributed by atoms with van der Waals surface area (Å²) in [6.45, 7) is 4.93. The van der Waals surface area contributed by atoms with E-state index in [1.54, 1.807) is 0 Å². The van der Waals surface area contributed by atoms with Crippen molar-refractivity contribution in [1.82, 2.24) is 16.0 Å². The molecule has 1 aliphatic rings. The van der Waals surface area contributed by atoms with Crippen LogP contribution >= 0.6 is 0 Å². The quantitative estimate of drug-likeness (QED) is 0.519. The number of benzene rings is 1. The van der Waals surface area contributed by atoms with Gasteiger partial charge in [-0.05, 0) is 25.3 Å². The molecule has 0 aromatic heterocycles. The maximum absolute atomic E-state index is 11.9. The van der Waals surface area contributed by atoms with Crippen molar-refractivity contribution in [3.05, 3.63) is 35.9 Å². The Morgan fingerprint density at radius 3 is 2.78 bits per heavy atom. The standard InChI is InChI=1S/C17H26N4O2/c1-2-18-17(20-12-15-9-6-10-23-15)21-13-16(22)19-11-14-7-4-3-5-8-14/h3-5,7-8,15H,2,6,9-13H2,1H3,(H,19,22)(H2,18,20,21). The van der Waals surface area contributed by atoms with Crippen LogP contribution in [0.3, 0.4) is 0 Å². The molecule has 0 bridgehead atoms. The Labute approximate surface area is 137 Å². The Hall–Kier alpha value is -2.08. The fourth-order valence-electron chi connectivity index (χ4n) is 2.36. The van der Waals surface area contributed by atoms with Crippen molar-refractivity contribution >= 4 is 11.9 Å². The van der Waals surface area contributed by atoms with E-state index in [4.69, 9.17) is 4.74 Å². The number of aliphatic imine (C=N–C) groups is 1. The highest BCUT2D eigenvalue weighted by molar-refractivity contribution is 5.84. The number of hydrogen-bond acceptors (Lipinski definition) is 3. The van der Waals surface area contributed by atoms with E-state index in [9.17, 15) is 4.79 Å². The van der Waals surface area contributed by atoms with E-state index in [0.717, 1.165) is 38.1 Å². The minimum atomic E-state index is -0.0943. The first-order chi connectivity index (χ1) is 11.3. The summed E-state index contributed by atoms with van der Waals surface area (Å²) in [5.74, 6) is 0.557. The third-order valence-corrected chi connectivity index (χ3v) is 3.58. The molecule has 0 aliphatic carbocycles. The molecule has 1 unspecified atom stereocenters. The van der Waals surface area contributed by atoms with Crippen molar-refractivity contribution in [2.45, 2.75) is 32.4 Å². The largest absolute Gasteiger partial charge is 0.376 e. The van der Waals surface area contributed by atoms with Gasteiger partial charge in [0, 0.05) is 26.2 Å². The van der Waals surface area contributed by atoms with Gasteiger partial charge in [0.25, 0.3) is 0 Å². The summed E-state index contributed by atoms with van der Waals surface area (Å²) in [4.78, 5) is 16.2. The SMILES string of the molecule is CCNC(=NCC(=O)NCc1ccccc1)NCC1CCCO1. The van der Waals surface area contributed by atoms with Crippen LogP contribution in [0.2, 0.25) is 0 Å². The maximum Gasteiger partial charge on any atom is 0.242 e. The lowest BCUT2D eigenvalue weighted by atomic mass is 10.2. The predicted molar refractivity (Wildman–Crippen MR) is 91.2 cm³/mol. The van der Waals surface area contributed by atoms with E-state index in [1.807, 2.05) is 37.3 Å². The van der Waals surface area contributed by atoms with Gasteiger partial charge in [0.1, 0.15) is 6.54 Å². The molecule has 6 heteroatoms. The Morgan fingerprint density at radius 2 is 2.09 bits per heavy atom. The fraction of sp³-hybridized carbons (Fsp3) is 0.529. The summed E-state index contributed by atoms with van der Waals surface area (Å²) in [5, 5.41) is 9.23. The van der Waals surface area contributed by atoms with Crippen molar-refractivity contribution in [3.8, 4) is 0 Å². The van der Waals surface area contributed by atoms with Crippen LogP contribution in [0.25, 0.3) is 0 Å². The molecule has 1 atom stereocenters. The molecule has 1 saturated heterocycles. The van der Waals surface area contributed by atoms with Crippen LogP contribution in [-0.2, 0) is 16.1 Å². The Bertz CT molecular complexity index is 499. The number of nitrogens with zero attached hydrogens (tertiary/aromatic N) is 1. The highest BCUT2D eigenvalue weighted by Gasteiger charge is 2.15. The molecule has 1 fully saturated rings. The van der Waals surface area contributed by atoms with Crippen molar-refractivity contribution in [1.29, 1.82) is 0 Å². The first-order valence-corrected chi connectivity index (χ1v) is 8.22. The molecule has 23 heavy (non-hydrogen) atoms. The summed E-state index contributed by atoms with van der Waals surface area (Å²) < 4.78 is 5.57. The van der Waals surface area contributed by atoms with Crippen LogP contribution < -0.4 is 16.0 Å². The van der Waals surface area contributed by atoms with Gasteiger partial charge in [0.15, 0.2) is 5.96 Å². The molecule has 0 saturated carbocycles. The molecule has 3 N–H and O–H groups in total. The molecule has 0 spiro atoms. The van der Waals surface area contributed by atoms with Crippen LogP contribution in [-0.4, -0.2) is 44.2 Å². The highest BCUT2D eigenvalue weighted by Crippen LogP contribution is 2.10. The second kappa shape index (κ2) is 9.84. The van der Waals surface area contributed by atoms with E-state index >= 15 is 0 Å². The Balaban J connectivity index is 1.73. The number of nitrogens with one attached hydrogen (secondary N) is 3. The molecular formula is C17H26N4O2. The van der Waals surface area contributed by atoms with Gasteiger partial charge in [-0.3, -0.25) is 4.79 Å². The second-order valence-electron chi connectivity index (χ2n) is 5.47. The molecule has 6 nitrogen and oxygen atoms in total. The number of hydrogen-bond donors (Lipinski definition) is 3. The molecule has 1 aromatic rings. The molecular weight excluding hydrogens is 292 g/mol. The van der Waals surface area contributed by atoms with Gasteiger partial charge >= 0.3 is 0 Å². The summed E-state index contributed by atoms with van der Waals surface area (Å²) >= 11 is 0. The van der Waals surface area contributed by atoms with Gasteiger partial charge in [0.05, 0.1) is 6.10 Å². The molecule has 1 aliphatic heterocycles. The molecule has 1 amide bonds. The number of rotatable bonds is 7. The topological polar surface area (TPSA) is 74.8 Å². The van der Waals surface area contributed by atoms with Crippen LogP contribution in [0.15, 0.2) is 35.3 Å². The lowest BCUT2D eigenvalue weighted by Crippen LogP contribution is -2.41. The number of amides is 1. The van der Waals surface area contributed by atoms with Crippen molar-refractivity contribution in [2.75, 3.05) is 26.2 Å². The van der Waals surface area contributed by atoms with Crippen molar-refractivity contribution in [2.24, 2.45) is 4.99 Å². The van der Waals surface area contributed by atoms with Crippen LogP contribution in [0.4, 0.5) is 0 Å². The highest BCUT2D eigenvalue weighted by atomic mass is 16.5. The lowest BCUT2D eigenvalue weighted by Gasteiger charge is -2.14. The van der Waals surface area contributed by atoms with Gasteiger partial charge < -0.3 is 20.7 Å². The normalized spacial score (nSPS) is 17.8. The van der Waals surface area contributed by atoms with E-state index in [2.05, 4.69) is 20.9 Å². The summed E-state index contributed by atoms with van der Waals surface area (Å²) in [6, 6.07) is 9.83.